The summed E-state index contributed by atoms with van der Waals surface area (Å²) in [6, 6.07) is 24.8. The van der Waals surface area contributed by atoms with E-state index in [4.69, 9.17) is 16.6 Å². The van der Waals surface area contributed by atoms with E-state index in [0.717, 1.165) is 17.8 Å². The van der Waals surface area contributed by atoms with Gasteiger partial charge in [0.25, 0.3) is 5.56 Å². The number of halogens is 1. The molecule has 0 atom stereocenters. The Morgan fingerprint density at radius 3 is 2.37 bits per heavy atom. The molecule has 174 valence electrons. The lowest BCUT2D eigenvalue weighted by Gasteiger charge is -2.13. The predicted octanol–water partition coefficient (Wildman–Crippen LogP) is 5.30. The molecule has 2 aromatic heterocycles. The molecule has 3 aromatic carbocycles. The molecule has 0 spiro atoms. The number of hydrogen-bond acceptors (Lipinski definition) is 6. The highest BCUT2D eigenvalue weighted by molar-refractivity contribution is 6.32. The largest absolute Gasteiger partial charge is 0.324 e. The summed E-state index contributed by atoms with van der Waals surface area (Å²) in [5.41, 5.74) is 4.07. The number of nitrogens with one attached hydrogen (secondary N) is 1. The number of anilines is 2. The Morgan fingerprint density at radius 2 is 1.66 bits per heavy atom. The molecular formula is C27H23ClN6O. The van der Waals surface area contributed by atoms with Crippen LogP contribution < -0.4 is 10.9 Å². The second kappa shape index (κ2) is 9.66. The summed E-state index contributed by atoms with van der Waals surface area (Å²) >= 11 is 6.39. The van der Waals surface area contributed by atoms with Crippen LogP contribution in [-0.2, 0) is 6.54 Å². The van der Waals surface area contributed by atoms with E-state index in [1.165, 1.54) is 16.4 Å². The van der Waals surface area contributed by atoms with Crippen molar-refractivity contribution >= 4 is 34.1 Å². The molecule has 5 rings (SSSR count). The third-order valence-corrected chi connectivity index (χ3v) is 5.79. The molecule has 0 radical (unpaired) electrons. The van der Waals surface area contributed by atoms with Crippen molar-refractivity contribution in [2.24, 2.45) is 0 Å². The first-order valence-electron chi connectivity index (χ1n) is 11.1. The molecule has 0 amide bonds. The van der Waals surface area contributed by atoms with Gasteiger partial charge < -0.3 is 10.2 Å². The summed E-state index contributed by atoms with van der Waals surface area (Å²) in [6.45, 7) is 0.858. The second-order valence-electron chi connectivity index (χ2n) is 8.40. The lowest BCUT2D eigenvalue weighted by molar-refractivity contribution is 0.402. The minimum absolute atomic E-state index is 0.340. The fourth-order valence-electron chi connectivity index (χ4n) is 3.85. The van der Waals surface area contributed by atoms with Crippen molar-refractivity contribution in [1.29, 1.82) is 0 Å². The second-order valence-corrected chi connectivity index (χ2v) is 8.81. The summed E-state index contributed by atoms with van der Waals surface area (Å²) < 4.78 is 1.31. The highest BCUT2D eigenvalue weighted by Gasteiger charge is 2.17. The molecule has 5 aromatic rings. The van der Waals surface area contributed by atoms with Crippen LogP contribution in [0.15, 0.2) is 89.9 Å². The smallest absolute Gasteiger partial charge is 0.282 e. The van der Waals surface area contributed by atoms with Gasteiger partial charge in [-0.15, -0.1) is 0 Å². The lowest BCUT2D eigenvalue weighted by atomic mass is 10.1. The van der Waals surface area contributed by atoms with Crippen molar-refractivity contribution in [2.45, 2.75) is 6.54 Å². The Kier molecular flexibility index (Phi) is 6.27. The van der Waals surface area contributed by atoms with Gasteiger partial charge in [0.15, 0.2) is 0 Å². The van der Waals surface area contributed by atoms with E-state index in [-0.39, 0.29) is 5.56 Å². The zero-order valence-electron chi connectivity index (χ0n) is 19.3. The average Bonchev–Trinajstić information content (AvgIpc) is 2.86. The Morgan fingerprint density at radius 1 is 0.943 bits per heavy atom. The highest BCUT2D eigenvalue weighted by atomic mass is 35.5. The Balaban J connectivity index is 1.62. The monoisotopic (exact) mass is 482 g/mol. The maximum Gasteiger partial charge on any atom is 0.282 e. The number of nitrogens with zero attached hydrogens (tertiary/aromatic N) is 5. The average molecular weight is 483 g/mol. The van der Waals surface area contributed by atoms with Crippen LogP contribution in [0.5, 0.6) is 0 Å². The van der Waals surface area contributed by atoms with Crippen LogP contribution in [0.3, 0.4) is 0 Å². The van der Waals surface area contributed by atoms with E-state index >= 15 is 0 Å². The summed E-state index contributed by atoms with van der Waals surface area (Å²) in [4.78, 5) is 24.6. The molecule has 35 heavy (non-hydrogen) atoms. The third-order valence-electron chi connectivity index (χ3n) is 5.47. The molecule has 0 saturated heterocycles. The Hall–Kier alpha value is -4.07. The highest BCUT2D eigenvalue weighted by Crippen LogP contribution is 2.26. The van der Waals surface area contributed by atoms with Crippen LogP contribution in [0, 0.1) is 0 Å². The maximum atomic E-state index is 13.4. The van der Waals surface area contributed by atoms with Gasteiger partial charge in [-0.05, 0) is 43.9 Å². The summed E-state index contributed by atoms with van der Waals surface area (Å²) in [6.07, 6.45) is 1.54. The molecule has 0 aliphatic carbocycles. The minimum atomic E-state index is -0.340. The molecule has 0 aliphatic heterocycles. The number of hydrogen-bond donors (Lipinski definition) is 1. The molecule has 0 saturated carbocycles. The van der Waals surface area contributed by atoms with Gasteiger partial charge in [-0.2, -0.15) is 9.78 Å². The van der Waals surface area contributed by atoms with Crippen LogP contribution in [0.4, 0.5) is 11.6 Å². The molecule has 0 fully saturated rings. The SMILES string of the molecule is CN(C)Cc1ccc(Nc2ncc3c(=O)n(-c4ccccc4Cl)nc(-c4ccccc4)c3n2)cc1. The van der Waals surface area contributed by atoms with Crippen LogP contribution in [-0.4, -0.2) is 38.7 Å². The minimum Gasteiger partial charge on any atom is -0.324 e. The van der Waals surface area contributed by atoms with Crippen LogP contribution in [0.25, 0.3) is 27.8 Å². The summed E-state index contributed by atoms with van der Waals surface area (Å²) in [5, 5.41) is 8.70. The molecule has 0 aliphatic rings. The molecule has 0 unspecified atom stereocenters. The van der Waals surface area contributed by atoms with E-state index in [1.54, 1.807) is 12.1 Å². The molecule has 2 heterocycles. The van der Waals surface area contributed by atoms with Crippen LogP contribution in [0.1, 0.15) is 5.56 Å². The van der Waals surface area contributed by atoms with Crippen molar-refractivity contribution < 1.29 is 0 Å². The van der Waals surface area contributed by atoms with E-state index in [9.17, 15) is 4.79 Å². The van der Waals surface area contributed by atoms with E-state index in [0.29, 0.717) is 33.3 Å². The first-order chi connectivity index (χ1) is 17.0. The fourth-order valence-corrected chi connectivity index (χ4v) is 4.07. The van der Waals surface area contributed by atoms with E-state index in [2.05, 4.69) is 32.4 Å². The quantitative estimate of drug-likeness (QED) is 0.354. The standard InChI is InChI=1S/C27H23ClN6O/c1-33(2)17-18-12-14-20(15-13-18)30-27-29-16-21-25(31-27)24(19-8-4-3-5-9-19)32-34(26(21)35)23-11-7-6-10-22(23)28/h3-16H,17H2,1-2H3,(H,29,30,31). The van der Waals surface area contributed by atoms with Crippen molar-refractivity contribution in [2.75, 3.05) is 19.4 Å². The predicted molar refractivity (Wildman–Crippen MR) is 140 cm³/mol. The van der Waals surface area contributed by atoms with Gasteiger partial charge in [0, 0.05) is 24.0 Å². The number of benzene rings is 3. The number of para-hydroxylation sites is 1. The molecular weight excluding hydrogens is 460 g/mol. The van der Waals surface area contributed by atoms with Gasteiger partial charge in [0.1, 0.15) is 11.2 Å². The molecule has 7 nitrogen and oxygen atoms in total. The number of rotatable bonds is 6. The van der Waals surface area contributed by atoms with Gasteiger partial charge in [-0.1, -0.05) is 66.2 Å². The maximum absolute atomic E-state index is 13.4. The van der Waals surface area contributed by atoms with Crippen molar-refractivity contribution in [1.82, 2.24) is 24.6 Å². The van der Waals surface area contributed by atoms with E-state index < -0.39 is 0 Å². The van der Waals surface area contributed by atoms with Crippen LogP contribution in [0.2, 0.25) is 5.02 Å². The van der Waals surface area contributed by atoms with Crippen molar-refractivity contribution in [3.8, 4) is 16.9 Å². The number of fused-ring (bicyclic) bond motifs is 1. The van der Waals surface area contributed by atoms with Crippen molar-refractivity contribution in [3.05, 3.63) is 106 Å². The summed E-state index contributed by atoms with van der Waals surface area (Å²) in [5.74, 6) is 0.381. The summed E-state index contributed by atoms with van der Waals surface area (Å²) in [7, 11) is 4.07. The van der Waals surface area contributed by atoms with Gasteiger partial charge in [-0.3, -0.25) is 4.79 Å². The van der Waals surface area contributed by atoms with E-state index in [1.807, 2.05) is 68.7 Å². The topological polar surface area (TPSA) is 75.9 Å². The van der Waals surface area contributed by atoms with Crippen LogP contribution >= 0.6 is 11.6 Å². The van der Waals surface area contributed by atoms with Gasteiger partial charge in [-0.25, -0.2) is 9.97 Å². The van der Waals surface area contributed by atoms with Gasteiger partial charge >= 0.3 is 0 Å². The lowest BCUT2D eigenvalue weighted by Crippen LogP contribution is -2.23. The zero-order valence-corrected chi connectivity index (χ0v) is 20.1. The Bertz CT molecular complexity index is 1550. The first kappa shape index (κ1) is 22.7. The fraction of sp³-hybridized carbons (Fsp3) is 0.111. The first-order valence-corrected chi connectivity index (χ1v) is 11.5. The Labute approximate surface area is 207 Å². The molecule has 8 heteroatoms. The normalized spacial score (nSPS) is 11.2. The van der Waals surface area contributed by atoms with Crippen molar-refractivity contribution in [3.63, 3.8) is 0 Å². The zero-order chi connectivity index (χ0) is 24.4. The molecule has 1 N–H and O–H groups in total. The number of aromatic nitrogens is 4. The molecule has 0 bridgehead atoms. The van der Waals surface area contributed by atoms with Gasteiger partial charge in [0.05, 0.1) is 16.1 Å². The third kappa shape index (κ3) is 4.77. The van der Waals surface area contributed by atoms with Gasteiger partial charge in [0.2, 0.25) is 5.95 Å².